The number of nitrogens with zero attached hydrogens (tertiary/aromatic N) is 1. The number of carbonyl (C=O) groups excluding carboxylic acids is 1. The molecule has 1 aliphatic heterocycles. The molecule has 1 aromatic rings. The fourth-order valence-corrected chi connectivity index (χ4v) is 2.51. The van der Waals surface area contributed by atoms with Gasteiger partial charge in [-0.15, -0.1) is 0 Å². The Balaban J connectivity index is 2.25. The molecule has 1 amide bonds. The van der Waals surface area contributed by atoms with Gasteiger partial charge in [0.25, 0.3) is 5.91 Å². The monoisotopic (exact) mass is 314 g/mol. The molecule has 0 aliphatic carbocycles. The number of hydrogen-bond acceptors (Lipinski definition) is 4. The van der Waals surface area contributed by atoms with E-state index in [9.17, 15) is 13.6 Å². The molecule has 1 N–H and O–H groups in total. The maximum atomic E-state index is 12.6. The maximum Gasteiger partial charge on any atom is 0.387 e. The molecule has 22 heavy (non-hydrogen) atoms. The second kappa shape index (κ2) is 6.91. The number of halogens is 2. The lowest BCUT2D eigenvalue weighted by Gasteiger charge is -2.38. The molecule has 2 unspecified atom stereocenters. The lowest BCUT2D eigenvalue weighted by molar-refractivity contribution is -0.0512. The smallest absolute Gasteiger partial charge is 0.387 e. The lowest BCUT2D eigenvalue weighted by atomic mass is 10.1. The van der Waals surface area contributed by atoms with Crippen LogP contribution in [0.25, 0.3) is 0 Å². The summed E-state index contributed by atoms with van der Waals surface area (Å²) < 4.78 is 34.3. The molecule has 1 aromatic carbocycles. The highest BCUT2D eigenvalue weighted by Gasteiger charge is 2.29. The van der Waals surface area contributed by atoms with Crippen LogP contribution >= 0.6 is 0 Å². The molecule has 1 fully saturated rings. The molecule has 0 bridgehead atoms. The van der Waals surface area contributed by atoms with Crippen LogP contribution in [0.15, 0.2) is 18.2 Å². The van der Waals surface area contributed by atoms with Crippen LogP contribution in [-0.2, 0) is 0 Å². The molecule has 2 atom stereocenters. The van der Waals surface area contributed by atoms with Crippen molar-refractivity contribution in [3.63, 3.8) is 0 Å². The Morgan fingerprint density at radius 1 is 1.36 bits per heavy atom. The van der Waals surface area contributed by atoms with E-state index >= 15 is 0 Å². The molecular formula is C15H20F2N2O3. The number of methoxy groups -OCH3 is 1. The van der Waals surface area contributed by atoms with Crippen LogP contribution < -0.4 is 14.8 Å². The number of ether oxygens (including phenoxy) is 2. The molecule has 0 aromatic heterocycles. The van der Waals surface area contributed by atoms with Gasteiger partial charge in [0, 0.05) is 30.7 Å². The van der Waals surface area contributed by atoms with Crippen molar-refractivity contribution in [1.29, 1.82) is 0 Å². The van der Waals surface area contributed by atoms with Gasteiger partial charge in [-0.25, -0.2) is 0 Å². The molecule has 5 nitrogen and oxygen atoms in total. The lowest BCUT2D eigenvalue weighted by Crippen LogP contribution is -2.57. The zero-order valence-corrected chi connectivity index (χ0v) is 12.8. The Labute approximate surface area is 128 Å². The molecule has 0 spiro atoms. The van der Waals surface area contributed by atoms with Gasteiger partial charge < -0.3 is 19.7 Å². The number of carbonyl (C=O) groups is 1. The molecule has 0 radical (unpaired) electrons. The Hall–Kier alpha value is -1.89. The van der Waals surface area contributed by atoms with E-state index in [4.69, 9.17) is 4.74 Å². The van der Waals surface area contributed by atoms with Crippen LogP contribution in [0.5, 0.6) is 11.5 Å². The first kappa shape index (κ1) is 16.5. The van der Waals surface area contributed by atoms with Crippen LogP contribution in [0.3, 0.4) is 0 Å². The van der Waals surface area contributed by atoms with Gasteiger partial charge in [0.1, 0.15) is 0 Å². The van der Waals surface area contributed by atoms with Crippen molar-refractivity contribution >= 4 is 5.91 Å². The zero-order chi connectivity index (χ0) is 16.3. The van der Waals surface area contributed by atoms with Gasteiger partial charge in [0.05, 0.1) is 7.11 Å². The Morgan fingerprint density at radius 2 is 2.09 bits per heavy atom. The summed E-state index contributed by atoms with van der Waals surface area (Å²) >= 11 is 0. The van der Waals surface area contributed by atoms with Crippen LogP contribution in [0.1, 0.15) is 24.2 Å². The first-order valence-electron chi connectivity index (χ1n) is 7.11. The molecule has 1 aliphatic rings. The summed E-state index contributed by atoms with van der Waals surface area (Å²) in [6, 6.07) is 4.50. The van der Waals surface area contributed by atoms with E-state index in [1.807, 2.05) is 13.8 Å². The standard InChI is InChI=1S/C15H20F2N2O3/c1-9-10(2)19(7-6-18-9)14(20)11-4-5-12(21-3)13(8-11)22-15(16)17/h4-5,8-10,15,18H,6-7H2,1-3H3. The number of nitrogens with one attached hydrogen (secondary N) is 1. The normalized spacial score (nSPS) is 21.8. The second-order valence-corrected chi connectivity index (χ2v) is 5.23. The maximum absolute atomic E-state index is 12.6. The Morgan fingerprint density at radius 3 is 2.73 bits per heavy atom. The predicted octanol–water partition coefficient (Wildman–Crippen LogP) is 2.12. The number of benzene rings is 1. The molecule has 1 heterocycles. The van der Waals surface area contributed by atoms with E-state index in [-0.39, 0.29) is 29.5 Å². The molecule has 1 saturated heterocycles. The summed E-state index contributed by atoms with van der Waals surface area (Å²) in [5, 5.41) is 3.29. The third kappa shape index (κ3) is 3.47. The second-order valence-electron chi connectivity index (χ2n) is 5.23. The zero-order valence-electron chi connectivity index (χ0n) is 12.8. The number of piperazine rings is 1. The average molecular weight is 314 g/mol. The minimum absolute atomic E-state index is 0.0165. The van der Waals surface area contributed by atoms with Gasteiger partial charge in [-0.05, 0) is 32.0 Å². The van der Waals surface area contributed by atoms with Gasteiger partial charge >= 0.3 is 6.61 Å². The highest BCUT2D eigenvalue weighted by molar-refractivity contribution is 5.95. The van der Waals surface area contributed by atoms with Crippen LogP contribution in [0, 0.1) is 0 Å². The van der Waals surface area contributed by atoms with E-state index in [1.54, 1.807) is 11.0 Å². The fraction of sp³-hybridized carbons (Fsp3) is 0.533. The summed E-state index contributed by atoms with van der Waals surface area (Å²) in [5.41, 5.74) is 0.303. The first-order chi connectivity index (χ1) is 10.4. The van der Waals surface area contributed by atoms with E-state index in [0.29, 0.717) is 18.7 Å². The molecule has 122 valence electrons. The quantitative estimate of drug-likeness (QED) is 0.925. The largest absolute Gasteiger partial charge is 0.493 e. The van der Waals surface area contributed by atoms with Gasteiger partial charge in [-0.1, -0.05) is 0 Å². The van der Waals surface area contributed by atoms with Crippen molar-refractivity contribution in [1.82, 2.24) is 10.2 Å². The average Bonchev–Trinajstić information content (AvgIpc) is 2.48. The minimum Gasteiger partial charge on any atom is -0.493 e. The topological polar surface area (TPSA) is 50.8 Å². The molecule has 2 rings (SSSR count). The van der Waals surface area contributed by atoms with E-state index in [0.717, 1.165) is 0 Å². The van der Waals surface area contributed by atoms with Crippen molar-refractivity contribution in [2.75, 3.05) is 20.2 Å². The molecule has 0 saturated carbocycles. The van der Waals surface area contributed by atoms with Gasteiger partial charge in [-0.3, -0.25) is 4.79 Å². The van der Waals surface area contributed by atoms with Crippen LogP contribution in [0.2, 0.25) is 0 Å². The third-order valence-corrected chi connectivity index (χ3v) is 3.92. The SMILES string of the molecule is COc1ccc(C(=O)N2CCNC(C)C2C)cc1OC(F)F. The van der Waals surface area contributed by atoms with Gasteiger partial charge in [0.15, 0.2) is 11.5 Å². The molecular weight excluding hydrogens is 294 g/mol. The van der Waals surface area contributed by atoms with Gasteiger partial charge in [0.2, 0.25) is 0 Å². The summed E-state index contributed by atoms with van der Waals surface area (Å²) in [7, 11) is 1.36. The van der Waals surface area contributed by atoms with Crippen LogP contribution in [0.4, 0.5) is 8.78 Å². The number of rotatable bonds is 4. The van der Waals surface area contributed by atoms with Gasteiger partial charge in [-0.2, -0.15) is 8.78 Å². The predicted molar refractivity (Wildman–Crippen MR) is 77.6 cm³/mol. The van der Waals surface area contributed by atoms with Crippen molar-refractivity contribution in [3.05, 3.63) is 23.8 Å². The number of amides is 1. The number of alkyl halides is 2. The van der Waals surface area contributed by atoms with Crippen molar-refractivity contribution in [2.24, 2.45) is 0 Å². The van der Waals surface area contributed by atoms with E-state index < -0.39 is 6.61 Å². The first-order valence-corrected chi connectivity index (χ1v) is 7.11. The Kier molecular flexibility index (Phi) is 5.18. The van der Waals surface area contributed by atoms with Crippen molar-refractivity contribution in [3.8, 4) is 11.5 Å². The van der Waals surface area contributed by atoms with E-state index in [2.05, 4.69) is 10.1 Å². The third-order valence-electron chi connectivity index (χ3n) is 3.92. The summed E-state index contributed by atoms with van der Waals surface area (Å²) in [4.78, 5) is 14.3. The van der Waals surface area contributed by atoms with Crippen molar-refractivity contribution in [2.45, 2.75) is 32.5 Å². The summed E-state index contributed by atoms with van der Waals surface area (Å²) in [6.07, 6.45) is 0. The Bertz CT molecular complexity index is 540. The van der Waals surface area contributed by atoms with Crippen molar-refractivity contribution < 1.29 is 23.0 Å². The minimum atomic E-state index is -2.97. The summed E-state index contributed by atoms with van der Waals surface area (Å²) in [5.74, 6) is -0.180. The molecule has 7 heteroatoms. The van der Waals surface area contributed by atoms with Crippen LogP contribution in [-0.4, -0.2) is 49.7 Å². The number of hydrogen-bond donors (Lipinski definition) is 1. The highest BCUT2D eigenvalue weighted by atomic mass is 19.3. The summed E-state index contributed by atoms with van der Waals surface area (Å²) in [6.45, 7) is 2.26. The van der Waals surface area contributed by atoms with E-state index in [1.165, 1.54) is 19.2 Å². The highest BCUT2D eigenvalue weighted by Crippen LogP contribution is 2.30. The fourth-order valence-electron chi connectivity index (χ4n) is 2.51.